The molecular weight excluding hydrogens is 483 g/mol. The van der Waals surface area contributed by atoms with Gasteiger partial charge in [0.1, 0.15) is 30.5 Å². The number of rotatable bonds is 13. The number of nitrogens with zero attached hydrogens (tertiary/aromatic N) is 2. The Kier molecular flexibility index (Phi) is 9.29. The molecule has 0 fully saturated rings. The second-order valence-electron chi connectivity index (χ2n) is 8.65. The van der Waals surface area contributed by atoms with E-state index >= 15 is 0 Å². The highest BCUT2D eigenvalue weighted by atomic mass is 32.1. The van der Waals surface area contributed by atoms with Gasteiger partial charge in [-0.3, -0.25) is 9.69 Å². The van der Waals surface area contributed by atoms with Crippen LogP contribution in [0.15, 0.2) is 71.2 Å². The van der Waals surface area contributed by atoms with E-state index in [1.807, 2.05) is 27.3 Å². The van der Waals surface area contributed by atoms with Crippen molar-refractivity contribution in [2.45, 2.75) is 25.2 Å². The van der Waals surface area contributed by atoms with Gasteiger partial charge in [0.2, 0.25) is 5.91 Å². The molecule has 9 heteroatoms. The average molecular weight is 515 g/mol. The maximum Gasteiger partial charge on any atom is 0.237 e. The van der Waals surface area contributed by atoms with Gasteiger partial charge >= 0.3 is 0 Å². The average Bonchev–Trinajstić information content (AvgIpc) is 3.56. The van der Waals surface area contributed by atoms with Crippen molar-refractivity contribution in [1.82, 2.24) is 9.80 Å². The predicted octanol–water partition coefficient (Wildman–Crippen LogP) is 4.05. The van der Waals surface area contributed by atoms with Gasteiger partial charge in [0.15, 0.2) is 0 Å². The SMILES string of the molecule is C=CCN(CC(=O)N1CCc2sccc2[C@H]1COc1ccc(F)cc1)C[C@H](O)COCc1ccco1. The third kappa shape index (κ3) is 7.04. The molecule has 0 radical (unpaired) electrons. The summed E-state index contributed by atoms with van der Waals surface area (Å²) in [7, 11) is 0. The van der Waals surface area contributed by atoms with Gasteiger partial charge in [-0.15, -0.1) is 17.9 Å². The van der Waals surface area contributed by atoms with Crippen molar-refractivity contribution in [2.75, 3.05) is 39.4 Å². The van der Waals surface area contributed by atoms with Crippen LogP contribution in [0, 0.1) is 5.82 Å². The molecule has 7 nitrogen and oxygen atoms in total. The summed E-state index contributed by atoms with van der Waals surface area (Å²) in [5, 5.41) is 12.5. The van der Waals surface area contributed by atoms with E-state index in [0.29, 0.717) is 24.6 Å². The number of aliphatic hydroxyl groups is 1. The van der Waals surface area contributed by atoms with Crippen molar-refractivity contribution < 1.29 is 28.2 Å². The van der Waals surface area contributed by atoms with Crippen molar-refractivity contribution in [3.8, 4) is 5.75 Å². The second kappa shape index (κ2) is 12.8. The summed E-state index contributed by atoms with van der Waals surface area (Å²) in [6, 6.07) is 11.3. The summed E-state index contributed by atoms with van der Waals surface area (Å²) in [6.07, 6.45) is 3.31. The molecule has 0 spiro atoms. The number of hydrogen-bond donors (Lipinski definition) is 1. The van der Waals surface area contributed by atoms with Crippen LogP contribution in [0.5, 0.6) is 5.75 Å². The second-order valence-corrected chi connectivity index (χ2v) is 9.65. The molecule has 1 N–H and O–H groups in total. The van der Waals surface area contributed by atoms with E-state index in [4.69, 9.17) is 13.9 Å². The van der Waals surface area contributed by atoms with E-state index in [-0.39, 0.29) is 50.7 Å². The number of halogens is 1. The van der Waals surface area contributed by atoms with Crippen molar-refractivity contribution >= 4 is 17.2 Å². The number of fused-ring (bicyclic) bond motifs is 1. The maximum atomic E-state index is 13.5. The van der Waals surface area contributed by atoms with Crippen LogP contribution in [-0.4, -0.2) is 66.3 Å². The smallest absolute Gasteiger partial charge is 0.237 e. The van der Waals surface area contributed by atoms with Gasteiger partial charge in [-0.25, -0.2) is 4.39 Å². The molecular formula is C27H31FN2O5S. The fourth-order valence-electron chi connectivity index (χ4n) is 4.29. The predicted molar refractivity (Wildman–Crippen MR) is 135 cm³/mol. The summed E-state index contributed by atoms with van der Waals surface area (Å²) in [6.45, 7) is 5.90. The van der Waals surface area contributed by atoms with Crippen LogP contribution < -0.4 is 4.74 Å². The normalized spacial score (nSPS) is 16.1. The van der Waals surface area contributed by atoms with E-state index in [0.717, 1.165) is 12.0 Å². The molecule has 0 unspecified atom stereocenters. The molecule has 1 aliphatic rings. The van der Waals surface area contributed by atoms with Crippen LogP contribution in [0.4, 0.5) is 4.39 Å². The highest BCUT2D eigenvalue weighted by Gasteiger charge is 2.33. The molecule has 192 valence electrons. The molecule has 0 aliphatic carbocycles. The van der Waals surface area contributed by atoms with Crippen molar-refractivity contribution in [3.05, 3.63) is 88.8 Å². The molecule has 2 atom stereocenters. The van der Waals surface area contributed by atoms with Gasteiger partial charge < -0.3 is 23.9 Å². The quantitative estimate of drug-likeness (QED) is 0.347. The highest BCUT2D eigenvalue weighted by molar-refractivity contribution is 7.10. The zero-order valence-electron chi connectivity index (χ0n) is 20.1. The van der Waals surface area contributed by atoms with Crippen LogP contribution in [0.2, 0.25) is 0 Å². The Bertz CT molecular complexity index is 1100. The first-order chi connectivity index (χ1) is 17.5. The largest absolute Gasteiger partial charge is 0.491 e. The Morgan fingerprint density at radius 1 is 1.33 bits per heavy atom. The Labute approximate surface area is 214 Å². The molecule has 3 aromatic rings. The molecule has 0 bridgehead atoms. The summed E-state index contributed by atoms with van der Waals surface area (Å²) in [5.74, 6) is 0.863. The molecule has 0 saturated carbocycles. The summed E-state index contributed by atoms with van der Waals surface area (Å²) >= 11 is 1.68. The van der Waals surface area contributed by atoms with Gasteiger partial charge in [-0.2, -0.15) is 0 Å². The van der Waals surface area contributed by atoms with Crippen LogP contribution in [0.25, 0.3) is 0 Å². The summed E-state index contributed by atoms with van der Waals surface area (Å²) in [4.78, 5) is 18.4. The van der Waals surface area contributed by atoms with Gasteiger partial charge in [-0.05, 0) is 59.8 Å². The fourth-order valence-corrected chi connectivity index (χ4v) is 5.22. The fraction of sp³-hybridized carbons (Fsp3) is 0.370. The van der Waals surface area contributed by atoms with Crippen LogP contribution >= 0.6 is 11.3 Å². The van der Waals surface area contributed by atoms with Crippen molar-refractivity contribution in [1.29, 1.82) is 0 Å². The minimum atomic E-state index is -0.768. The first-order valence-electron chi connectivity index (χ1n) is 11.9. The number of ether oxygens (including phenoxy) is 2. The maximum absolute atomic E-state index is 13.5. The molecule has 2 aromatic heterocycles. The van der Waals surface area contributed by atoms with Crippen molar-refractivity contribution in [3.63, 3.8) is 0 Å². The molecule has 1 aromatic carbocycles. The zero-order valence-corrected chi connectivity index (χ0v) is 20.9. The molecule has 3 heterocycles. The number of aliphatic hydroxyl groups excluding tert-OH is 1. The number of carbonyl (C=O) groups is 1. The van der Waals surface area contributed by atoms with Crippen LogP contribution in [0.1, 0.15) is 22.2 Å². The van der Waals surface area contributed by atoms with Gasteiger partial charge in [0.25, 0.3) is 0 Å². The highest BCUT2D eigenvalue weighted by Crippen LogP contribution is 2.34. The van der Waals surface area contributed by atoms with Crippen molar-refractivity contribution in [2.24, 2.45) is 0 Å². The minimum Gasteiger partial charge on any atom is -0.491 e. The summed E-state index contributed by atoms with van der Waals surface area (Å²) < 4.78 is 30.0. The third-order valence-corrected chi connectivity index (χ3v) is 6.98. The molecule has 0 saturated heterocycles. The number of thiophene rings is 1. The third-order valence-electron chi connectivity index (χ3n) is 5.99. The lowest BCUT2D eigenvalue weighted by Crippen LogP contribution is -2.48. The van der Waals surface area contributed by atoms with E-state index in [2.05, 4.69) is 6.58 Å². The van der Waals surface area contributed by atoms with Crippen LogP contribution in [-0.2, 0) is 22.6 Å². The topological polar surface area (TPSA) is 75.4 Å². The number of benzene rings is 1. The minimum absolute atomic E-state index is 0.0508. The Hall–Kier alpha value is -2.98. The Morgan fingerprint density at radius 3 is 2.92 bits per heavy atom. The molecule has 1 aliphatic heterocycles. The first kappa shape index (κ1) is 26.1. The molecule has 36 heavy (non-hydrogen) atoms. The molecule has 1 amide bonds. The summed E-state index contributed by atoms with van der Waals surface area (Å²) in [5.41, 5.74) is 1.09. The van der Waals surface area contributed by atoms with E-state index in [1.54, 1.807) is 41.9 Å². The van der Waals surface area contributed by atoms with E-state index in [9.17, 15) is 14.3 Å². The number of hydrogen-bond acceptors (Lipinski definition) is 7. The number of amides is 1. The number of carbonyl (C=O) groups excluding carboxylic acids is 1. The standard InChI is InChI=1S/C27H31FN2O5S/c1-2-11-29(15-21(31)17-33-18-23-4-3-13-34-23)16-27(32)30-12-9-26-24(10-14-36-26)25(30)19-35-22-7-5-20(28)6-8-22/h2-8,10,13-14,21,25,31H,1,9,11-12,15-19H2/t21-,25+/m0/s1. The lowest BCUT2D eigenvalue weighted by molar-refractivity contribution is -0.136. The lowest BCUT2D eigenvalue weighted by atomic mass is 10.0. The monoisotopic (exact) mass is 514 g/mol. The Morgan fingerprint density at radius 2 is 2.17 bits per heavy atom. The lowest BCUT2D eigenvalue weighted by Gasteiger charge is -2.37. The first-order valence-corrected chi connectivity index (χ1v) is 12.8. The van der Waals surface area contributed by atoms with Gasteiger partial charge in [0.05, 0.1) is 31.6 Å². The van der Waals surface area contributed by atoms with E-state index in [1.165, 1.54) is 17.0 Å². The van der Waals surface area contributed by atoms with E-state index < -0.39 is 6.10 Å². The molecule has 4 rings (SSSR count). The zero-order chi connectivity index (χ0) is 25.3. The van der Waals surface area contributed by atoms with Gasteiger partial charge in [0, 0.05) is 24.5 Å². The van der Waals surface area contributed by atoms with Crippen LogP contribution in [0.3, 0.4) is 0 Å². The van der Waals surface area contributed by atoms with Gasteiger partial charge in [-0.1, -0.05) is 6.08 Å². The number of furan rings is 1. The Balaban J connectivity index is 1.36.